The monoisotopic (exact) mass is 340 g/mol. The van der Waals surface area contributed by atoms with Crippen LogP contribution in [0.2, 0.25) is 0 Å². The van der Waals surface area contributed by atoms with Crippen LogP contribution < -0.4 is 9.47 Å². The average Bonchev–Trinajstić information content (AvgIpc) is 2.53. The van der Waals surface area contributed by atoms with E-state index in [1.54, 1.807) is 6.07 Å². The third-order valence-corrected chi connectivity index (χ3v) is 5.81. The van der Waals surface area contributed by atoms with E-state index in [2.05, 4.69) is 0 Å². The van der Waals surface area contributed by atoms with Crippen LogP contribution in [0.5, 0.6) is 11.5 Å². The molecular formula is C16H20O6S. The van der Waals surface area contributed by atoms with Gasteiger partial charge in [-0.3, -0.25) is 4.79 Å². The Morgan fingerprint density at radius 2 is 1.65 bits per heavy atom. The highest BCUT2D eigenvalue weighted by Gasteiger charge is 2.44. The van der Waals surface area contributed by atoms with Gasteiger partial charge in [0.15, 0.2) is 21.3 Å². The molecule has 0 saturated heterocycles. The van der Waals surface area contributed by atoms with Crippen molar-refractivity contribution >= 4 is 15.8 Å². The second kappa shape index (κ2) is 5.70. The Morgan fingerprint density at radius 3 is 2.17 bits per heavy atom. The maximum Gasteiger partial charge on any atom is 0.314 e. The van der Waals surface area contributed by atoms with Crippen molar-refractivity contribution in [1.82, 2.24) is 0 Å². The topological polar surface area (TPSA) is 89.9 Å². The highest BCUT2D eigenvalue weighted by atomic mass is 32.2. The molecule has 6 nitrogen and oxygen atoms in total. The molecule has 0 spiro atoms. The molecule has 1 heterocycles. The van der Waals surface area contributed by atoms with E-state index in [1.807, 2.05) is 0 Å². The Hall–Kier alpha value is -1.76. The summed E-state index contributed by atoms with van der Waals surface area (Å²) in [6.07, 6.45) is 4.47. The van der Waals surface area contributed by atoms with Crippen LogP contribution in [-0.4, -0.2) is 39.0 Å². The van der Waals surface area contributed by atoms with Crippen LogP contribution in [0.1, 0.15) is 37.7 Å². The lowest BCUT2D eigenvalue weighted by Gasteiger charge is -2.35. The number of carbonyl (C=O) groups is 1. The number of fused-ring (bicyclic) bond motifs is 1. The largest absolute Gasteiger partial charge is 0.486 e. The summed E-state index contributed by atoms with van der Waals surface area (Å²) in [5, 5.41) is 9.87. The van der Waals surface area contributed by atoms with Crippen molar-refractivity contribution in [3.63, 3.8) is 0 Å². The normalized spacial score (nSPS) is 20.0. The number of benzene rings is 1. The number of carboxylic acid groups (broad SMARTS) is 1. The summed E-state index contributed by atoms with van der Waals surface area (Å²) < 4.78 is 35.5. The number of ether oxygens (including phenoxy) is 2. The quantitative estimate of drug-likeness (QED) is 0.907. The van der Waals surface area contributed by atoms with E-state index >= 15 is 0 Å². The molecule has 2 aliphatic rings. The fraction of sp³-hybridized carbons (Fsp3) is 0.562. The Bertz CT molecular complexity index is 731. The number of hydrogen-bond acceptors (Lipinski definition) is 5. The predicted octanol–water partition coefficient (Wildman–Crippen LogP) is 2.15. The molecule has 3 rings (SSSR count). The average molecular weight is 340 g/mol. The van der Waals surface area contributed by atoms with E-state index < -0.39 is 21.2 Å². The SMILES string of the molecule is CS(=O)(=O)c1cc2c(cc1C1(C(=O)O)CCCCC1)OCCO2. The molecule has 1 aromatic rings. The molecule has 0 amide bonds. The van der Waals surface area contributed by atoms with Crippen molar-refractivity contribution in [3.05, 3.63) is 17.7 Å². The first kappa shape index (κ1) is 16.1. The van der Waals surface area contributed by atoms with Gasteiger partial charge in [0.1, 0.15) is 13.2 Å². The first-order chi connectivity index (χ1) is 10.8. The molecule has 1 aliphatic heterocycles. The highest BCUT2D eigenvalue weighted by Crippen LogP contribution is 2.46. The summed E-state index contributed by atoms with van der Waals surface area (Å²) in [5.41, 5.74) is -0.844. The molecule has 0 atom stereocenters. The van der Waals surface area contributed by atoms with E-state index in [9.17, 15) is 18.3 Å². The molecule has 0 radical (unpaired) electrons. The van der Waals surface area contributed by atoms with Crippen LogP contribution in [0.25, 0.3) is 0 Å². The Morgan fingerprint density at radius 1 is 1.09 bits per heavy atom. The van der Waals surface area contributed by atoms with Gasteiger partial charge in [0.2, 0.25) is 0 Å². The number of carboxylic acids is 1. The smallest absolute Gasteiger partial charge is 0.314 e. The Balaban J connectivity index is 2.25. The lowest BCUT2D eigenvalue weighted by atomic mass is 9.69. The first-order valence-corrected chi connectivity index (χ1v) is 9.61. The third kappa shape index (κ3) is 2.78. The van der Waals surface area contributed by atoms with Crippen LogP contribution in [0, 0.1) is 0 Å². The molecule has 1 fully saturated rings. The summed E-state index contributed by atoms with van der Waals surface area (Å²) in [4.78, 5) is 12.1. The third-order valence-electron chi connectivity index (χ3n) is 4.68. The van der Waals surface area contributed by atoms with Gasteiger partial charge >= 0.3 is 5.97 Å². The molecule has 126 valence electrons. The second-order valence-electron chi connectivity index (χ2n) is 6.21. The zero-order valence-electron chi connectivity index (χ0n) is 13.0. The van der Waals surface area contributed by atoms with E-state index in [-0.39, 0.29) is 4.90 Å². The number of hydrogen-bond donors (Lipinski definition) is 1. The number of rotatable bonds is 3. The first-order valence-electron chi connectivity index (χ1n) is 7.72. The van der Waals surface area contributed by atoms with E-state index in [0.717, 1.165) is 25.5 Å². The molecule has 1 N–H and O–H groups in total. The van der Waals surface area contributed by atoms with Gasteiger partial charge in [-0.15, -0.1) is 0 Å². The van der Waals surface area contributed by atoms with Crippen molar-refractivity contribution in [3.8, 4) is 11.5 Å². The van der Waals surface area contributed by atoms with Gasteiger partial charge in [-0.1, -0.05) is 19.3 Å². The van der Waals surface area contributed by atoms with Crippen LogP contribution in [-0.2, 0) is 20.0 Å². The maximum atomic E-state index is 12.3. The van der Waals surface area contributed by atoms with Gasteiger partial charge in [0, 0.05) is 12.3 Å². The Kier molecular flexibility index (Phi) is 4.00. The summed E-state index contributed by atoms with van der Waals surface area (Å²) >= 11 is 0. The highest BCUT2D eigenvalue weighted by molar-refractivity contribution is 7.90. The van der Waals surface area contributed by atoms with Crippen molar-refractivity contribution in [2.24, 2.45) is 0 Å². The molecule has 1 aromatic carbocycles. The number of sulfone groups is 1. The molecule has 23 heavy (non-hydrogen) atoms. The molecule has 1 saturated carbocycles. The van der Waals surface area contributed by atoms with Gasteiger partial charge in [-0.25, -0.2) is 8.42 Å². The molecule has 0 unspecified atom stereocenters. The molecule has 0 aromatic heterocycles. The van der Waals surface area contributed by atoms with Gasteiger partial charge in [0.25, 0.3) is 0 Å². The lowest BCUT2D eigenvalue weighted by molar-refractivity contribution is -0.145. The van der Waals surface area contributed by atoms with Crippen molar-refractivity contribution in [2.45, 2.75) is 42.4 Å². The predicted molar refractivity (Wildman–Crippen MR) is 82.9 cm³/mol. The maximum absolute atomic E-state index is 12.3. The van der Waals surface area contributed by atoms with Gasteiger partial charge < -0.3 is 14.6 Å². The van der Waals surface area contributed by atoms with Gasteiger partial charge in [-0.05, 0) is 24.5 Å². The van der Waals surface area contributed by atoms with Crippen LogP contribution >= 0.6 is 0 Å². The summed E-state index contributed by atoms with van der Waals surface area (Å²) in [6.45, 7) is 0.713. The summed E-state index contributed by atoms with van der Waals surface area (Å²) in [7, 11) is -3.59. The fourth-order valence-electron chi connectivity index (χ4n) is 3.50. The minimum absolute atomic E-state index is 0.0334. The van der Waals surface area contributed by atoms with Gasteiger partial charge in [-0.2, -0.15) is 0 Å². The van der Waals surface area contributed by atoms with Crippen molar-refractivity contribution in [2.75, 3.05) is 19.5 Å². The standard InChI is InChI=1S/C16H20O6S/c1-23(19,20)14-10-13-12(21-7-8-22-13)9-11(14)16(15(17)18)5-3-2-4-6-16/h9-10H,2-8H2,1H3,(H,17,18). The minimum atomic E-state index is -3.59. The Labute approximate surface area is 135 Å². The minimum Gasteiger partial charge on any atom is -0.486 e. The van der Waals surface area contributed by atoms with Crippen molar-refractivity contribution < 1.29 is 27.8 Å². The van der Waals surface area contributed by atoms with Crippen molar-refractivity contribution in [1.29, 1.82) is 0 Å². The van der Waals surface area contributed by atoms with Crippen LogP contribution in [0.15, 0.2) is 17.0 Å². The number of aliphatic carboxylic acids is 1. The van der Waals surface area contributed by atoms with Gasteiger partial charge in [0.05, 0.1) is 10.3 Å². The van der Waals surface area contributed by atoms with Crippen LogP contribution in [0.4, 0.5) is 0 Å². The summed E-state index contributed by atoms with van der Waals surface area (Å²) in [5.74, 6) is -0.194. The second-order valence-corrected chi connectivity index (χ2v) is 8.20. The molecule has 7 heteroatoms. The molecule has 1 aliphatic carbocycles. The molecule has 0 bridgehead atoms. The molecular weight excluding hydrogens is 320 g/mol. The zero-order chi connectivity index (χ0) is 16.7. The van der Waals surface area contributed by atoms with Crippen LogP contribution in [0.3, 0.4) is 0 Å². The lowest BCUT2D eigenvalue weighted by Crippen LogP contribution is -2.39. The summed E-state index contributed by atoms with van der Waals surface area (Å²) in [6, 6.07) is 2.97. The van der Waals surface area contributed by atoms with E-state index in [0.29, 0.717) is 43.1 Å². The zero-order valence-corrected chi connectivity index (χ0v) is 13.8. The van der Waals surface area contributed by atoms with E-state index in [1.165, 1.54) is 6.07 Å². The fourth-order valence-corrected chi connectivity index (χ4v) is 4.48. The van der Waals surface area contributed by atoms with E-state index in [4.69, 9.17) is 9.47 Å².